The predicted octanol–water partition coefficient (Wildman–Crippen LogP) is 1.73. The van der Waals surface area contributed by atoms with Gasteiger partial charge in [-0.1, -0.05) is 19.3 Å². The van der Waals surface area contributed by atoms with Gasteiger partial charge >= 0.3 is 0 Å². The normalized spacial score (nSPS) is 28.0. The van der Waals surface area contributed by atoms with Gasteiger partial charge in [0.1, 0.15) is 9.84 Å². The Kier molecular flexibility index (Phi) is 4.25. The van der Waals surface area contributed by atoms with E-state index in [9.17, 15) is 8.42 Å². The first-order valence-corrected chi connectivity index (χ1v) is 8.42. The van der Waals surface area contributed by atoms with Gasteiger partial charge in [-0.05, 0) is 38.1 Å². The van der Waals surface area contributed by atoms with E-state index in [1.807, 2.05) is 0 Å². The van der Waals surface area contributed by atoms with Crippen molar-refractivity contribution in [3.63, 3.8) is 0 Å². The summed E-state index contributed by atoms with van der Waals surface area (Å²) < 4.78 is 22.5. The number of rotatable bonds is 3. The molecule has 0 aromatic heterocycles. The lowest BCUT2D eigenvalue weighted by atomic mass is 9.89. The Hall–Kier alpha value is -0.0900. The summed E-state index contributed by atoms with van der Waals surface area (Å²) in [4.78, 5) is 0. The third-order valence-electron chi connectivity index (χ3n) is 3.97. The minimum absolute atomic E-state index is 0.384. The second-order valence-electron chi connectivity index (χ2n) is 5.34. The minimum Gasteiger partial charge on any atom is -0.314 e. The number of hydrogen-bond donors (Lipinski definition) is 1. The van der Waals surface area contributed by atoms with Gasteiger partial charge in [-0.2, -0.15) is 0 Å². The van der Waals surface area contributed by atoms with Crippen LogP contribution >= 0.6 is 0 Å². The molecule has 0 amide bonds. The Labute approximate surface area is 98.9 Å². The molecule has 0 aromatic carbocycles. The maximum Gasteiger partial charge on any atom is 0.150 e. The molecule has 0 bridgehead atoms. The number of sulfone groups is 1. The minimum atomic E-state index is -2.70. The highest BCUT2D eigenvalue weighted by Crippen LogP contribution is 2.23. The highest BCUT2D eigenvalue weighted by atomic mass is 32.2. The van der Waals surface area contributed by atoms with Gasteiger partial charge in [0.15, 0.2) is 0 Å². The Morgan fingerprint density at radius 2 is 1.56 bits per heavy atom. The monoisotopic (exact) mass is 245 g/mol. The van der Waals surface area contributed by atoms with Crippen LogP contribution in [0.5, 0.6) is 0 Å². The van der Waals surface area contributed by atoms with Crippen molar-refractivity contribution < 1.29 is 8.42 Å². The van der Waals surface area contributed by atoms with E-state index in [-0.39, 0.29) is 0 Å². The largest absolute Gasteiger partial charge is 0.314 e. The second-order valence-corrected chi connectivity index (χ2v) is 7.64. The maximum atomic E-state index is 11.3. The Morgan fingerprint density at radius 3 is 2.19 bits per heavy atom. The van der Waals surface area contributed by atoms with Crippen molar-refractivity contribution in [1.82, 2.24) is 5.32 Å². The molecule has 0 aromatic rings. The van der Waals surface area contributed by atoms with Crippen LogP contribution in [-0.4, -0.2) is 32.5 Å². The van der Waals surface area contributed by atoms with Crippen molar-refractivity contribution in [2.75, 3.05) is 18.1 Å². The van der Waals surface area contributed by atoms with Crippen LogP contribution in [0.4, 0.5) is 0 Å². The van der Waals surface area contributed by atoms with E-state index < -0.39 is 9.84 Å². The van der Waals surface area contributed by atoms with Gasteiger partial charge in [0.05, 0.1) is 11.5 Å². The lowest BCUT2D eigenvalue weighted by molar-refractivity contribution is 0.321. The first-order valence-electron chi connectivity index (χ1n) is 6.59. The standard InChI is InChI=1S/C12H23NO2S/c14-16(15)8-6-12(7-9-16)13-10-11-4-2-1-3-5-11/h11-13H,1-10H2. The fourth-order valence-corrected chi connectivity index (χ4v) is 4.31. The zero-order valence-electron chi connectivity index (χ0n) is 9.95. The van der Waals surface area contributed by atoms with E-state index in [0.717, 1.165) is 25.3 Å². The van der Waals surface area contributed by atoms with Gasteiger partial charge in [-0.3, -0.25) is 0 Å². The van der Waals surface area contributed by atoms with E-state index in [0.29, 0.717) is 17.5 Å². The average Bonchev–Trinajstić information content (AvgIpc) is 2.29. The van der Waals surface area contributed by atoms with E-state index in [1.54, 1.807) is 0 Å². The topological polar surface area (TPSA) is 46.2 Å². The van der Waals surface area contributed by atoms with Crippen molar-refractivity contribution >= 4 is 9.84 Å². The molecular weight excluding hydrogens is 222 g/mol. The molecule has 0 atom stereocenters. The second kappa shape index (κ2) is 5.50. The summed E-state index contributed by atoms with van der Waals surface area (Å²) in [5.41, 5.74) is 0. The van der Waals surface area contributed by atoms with Crippen LogP contribution < -0.4 is 5.32 Å². The van der Waals surface area contributed by atoms with Crippen LogP contribution in [0.25, 0.3) is 0 Å². The molecule has 94 valence electrons. The first-order chi connectivity index (χ1) is 7.66. The summed E-state index contributed by atoms with van der Waals surface area (Å²) in [5.74, 6) is 1.61. The van der Waals surface area contributed by atoms with Gasteiger partial charge in [0.25, 0.3) is 0 Å². The molecule has 1 saturated heterocycles. The smallest absolute Gasteiger partial charge is 0.150 e. The van der Waals surface area contributed by atoms with E-state index in [4.69, 9.17) is 0 Å². The molecule has 4 heteroatoms. The van der Waals surface area contributed by atoms with Crippen molar-refractivity contribution in [3.05, 3.63) is 0 Å². The van der Waals surface area contributed by atoms with Gasteiger partial charge in [0.2, 0.25) is 0 Å². The van der Waals surface area contributed by atoms with Crippen LogP contribution in [0.1, 0.15) is 44.9 Å². The highest BCUT2D eigenvalue weighted by Gasteiger charge is 2.24. The molecule has 1 aliphatic heterocycles. The molecule has 1 heterocycles. The first kappa shape index (κ1) is 12.4. The quantitative estimate of drug-likeness (QED) is 0.823. The van der Waals surface area contributed by atoms with Crippen molar-refractivity contribution in [2.45, 2.75) is 51.0 Å². The summed E-state index contributed by atoms with van der Waals surface area (Å²) in [6, 6.07) is 0.449. The molecule has 1 aliphatic carbocycles. The van der Waals surface area contributed by atoms with Gasteiger partial charge in [-0.25, -0.2) is 8.42 Å². The summed E-state index contributed by atoms with van der Waals surface area (Å²) >= 11 is 0. The molecule has 0 spiro atoms. The van der Waals surface area contributed by atoms with Crippen molar-refractivity contribution in [2.24, 2.45) is 5.92 Å². The SMILES string of the molecule is O=S1(=O)CCC(NCC2CCCCC2)CC1. The van der Waals surface area contributed by atoms with Gasteiger partial charge in [-0.15, -0.1) is 0 Å². The van der Waals surface area contributed by atoms with E-state index >= 15 is 0 Å². The van der Waals surface area contributed by atoms with Crippen LogP contribution in [0, 0.1) is 5.92 Å². The van der Waals surface area contributed by atoms with Gasteiger partial charge < -0.3 is 5.32 Å². The lowest BCUT2D eigenvalue weighted by Gasteiger charge is -2.27. The van der Waals surface area contributed by atoms with Crippen LogP contribution in [0.2, 0.25) is 0 Å². The van der Waals surface area contributed by atoms with E-state index in [1.165, 1.54) is 32.1 Å². The third kappa shape index (κ3) is 3.74. The predicted molar refractivity (Wildman–Crippen MR) is 66.3 cm³/mol. The van der Waals surface area contributed by atoms with Crippen LogP contribution in [-0.2, 0) is 9.84 Å². The fraction of sp³-hybridized carbons (Fsp3) is 1.00. The molecule has 0 radical (unpaired) electrons. The summed E-state index contributed by atoms with van der Waals surface area (Å²) in [5, 5.41) is 3.56. The Balaban J connectivity index is 1.67. The molecule has 16 heavy (non-hydrogen) atoms. The molecule has 0 unspecified atom stereocenters. The molecule has 3 nitrogen and oxygen atoms in total. The Bertz CT molecular complexity index is 293. The number of nitrogens with one attached hydrogen (secondary N) is 1. The molecule has 1 saturated carbocycles. The molecule has 2 aliphatic rings. The van der Waals surface area contributed by atoms with Crippen molar-refractivity contribution in [1.29, 1.82) is 0 Å². The summed E-state index contributed by atoms with van der Waals surface area (Å²) in [7, 11) is -2.70. The molecule has 1 N–H and O–H groups in total. The molecule has 2 rings (SSSR count). The zero-order chi connectivity index (χ0) is 11.4. The van der Waals surface area contributed by atoms with Gasteiger partial charge in [0, 0.05) is 6.04 Å². The average molecular weight is 245 g/mol. The fourth-order valence-electron chi connectivity index (χ4n) is 2.82. The maximum absolute atomic E-state index is 11.3. The Morgan fingerprint density at radius 1 is 0.938 bits per heavy atom. The lowest BCUT2D eigenvalue weighted by Crippen LogP contribution is -2.40. The van der Waals surface area contributed by atoms with Crippen LogP contribution in [0.15, 0.2) is 0 Å². The molecule has 2 fully saturated rings. The molecular formula is C12H23NO2S. The van der Waals surface area contributed by atoms with Crippen LogP contribution in [0.3, 0.4) is 0 Å². The summed E-state index contributed by atoms with van der Waals surface area (Å²) in [6.45, 7) is 1.10. The summed E-state index contributed by atoms with van der Waals surface area (Å²) in [6.07, 6.45) is 8.51. The third-order valence-corrected chi connectivity index (χ3v) is 5.69. The highest BCUT2D eigenvalue weighted by molar-refractivity contribution is 7.91. The van der Waals surface area contributed by atoms with Crippen molar-refractivity contribution in [3.8, 4) is 0 Å². The van der Waals surface area contributed by atoms with E-state index in [2.05, 4.69) is 5.32 Å². The zero-order valence-corrected chi connectivity index (χ0v) is 10.8. The number of hydrogen-bond acceptors (Lipinski definition) is 3.